The highest BCUT2D eigenvalue weighted by Gasteiger charge is 2.09. The zero-order valence-corrected chi connectivity index (χ0v) is 13.9. The molecule has 122 valence electrons. The number of carboxylic acid groups (broad SMARTS) is 1. The Morgan fingerprint density at radius 1 is 1.26 bits per heavy atom. The number of hydrogen-bond acceptors (Lipinski definition) is 4. The van der Waals surface area contributed by atoms with Crippen LogP contribution in [0.2, 0.25) is 0 Å². The summed E-state index contributed by atoms with van der Waals surface area (Å²) < 4.78 is 5.49. The molecule has 23 heavy (non-hydrogen) atoms. The second-order valence-electron chi connectivity index (χ2n) is 5.36. The molecule has 1 aromatic heterocycles. The summed E-state index contributed by atoms with van der Waals surface area (Å²) in [6, 6.07) is 10.9. The van der Waals surface area contributed by atoms with E-state index in [2.05, 4.69) is 19.2 Å². The van der Waals surface area contributed by atoms with E-state index in [-0.39, 0.29) is 17.4 Å². The van der Waals surface area contributed by atoms with Crippen molar-refractivity contribution in [2.75, 3.05) is 6.61 Å². The molecule has 6 heteroatoms. The molecule has 2 N–H and O–H groups in total. The van der Waals surface area contributed by atoms with Gasteiger partial charge in [-0.3, -0.25) is 4.79 Å². The van der Waals surface area contributed by atoms with Gasteiger partial charge in [0.05, 0.1) is 6.54 Å². The molecule has 0 bridgehead atoms. The summed E-state index contributed by atoms with van der Waals surface area (Å²) in [6.07, 6.45) is 0. The number of carbonyl (C=O) groups is 2. The van der Waals surface area contributed by atoms with Gasteiger partial charge < -0.3 is 15.2 Å². The first-order chi connectivity index (χ1) is 11.0. The van der Waals surface area contributed by atoms with Crippen LogP contribution in [-0.2, 0) is 11.3 Å². The quantitative estimate of drug-likeness (QED) is 0.815. The first-order valence-corrected chi connectivity index (χ1v) is 8.09. The van der Waals surface area contributed by atoms with Crippen LogP contribution in [0.3, 0.4) is 0 Å². The van der Waals surface area contributed by atoms with Crippen LogP contribution < -0.4 is 10.1 Å². The van der Waals surface area contributed by atoms with Crippen molar-refractivity contribution in [1.29, 1.82) is 0 Å². The molecule has 1 heterocycles. The molecule has 0 unspecified atom stereocenters. The van der Waals surface area contributed by atoms with Crippen LogP contribution in [-0.4, -0.2) is 23.6 Å². The van der Waals surface area contributed by atoms with Gasteiger partial charge in [-0.2, -0.15) is 0 Å². The lowest BCUT2D eigenvalue weighted by atomic mass is 10.0. The van der Waals surface area contributed by atoms with Crippen molar-refractivity contribution in [3.05, 3.63) is 51.7 Å². The maximum absolute atomic E-state index is 11.8. The molecule has 0 aliphatic heterocycles. The molecule has 0 aliphatic carbocycles. The molecule has 0 fully saturated rings. The lowest BCUT2D eigenvalue weighted by Gasteiger charge is -2.10. The van der Waals surface area contributed by atoms with Gasteiger partial charge >= 0.3 is 5.97 Å². The summed E-state index contributed by atoms with van der Waals surface area (Å²) in [5.74, 6) is -0.142. The van der Waals surface area contributed by atoms with Gasteiger partial charge in [0, 0.05) is 4.88 Å². The van der Waals surface area contributed by atoms with E-state index in [4.69, 9.17) is 9.84 Å². The summed E-state index contributed by atoms with van der Waals surface area (Å²) in [7, 11) is 0. The maximum atomic E-state index is 11.8. The highest BCUT2D eigenvalue weighted by molar-refractivity contribution is 7.13. The Hall–Kier alpha value is -2.34. The van der Waals surface area contributed by atoms with E-state index in [1.807, 2.05) is 24.3 Å². The SMILES string of the molecule is CC(C)c1cccc(OCC(=O)NCc2ccc(C(=O)O)s2)c1. The molecule has 0 radical (unpaired) electrons. The summed E-state index contributed by atoms with van der Waals surface area (Å²) in [5, 5.41) is 11.6. The van der Waals surface area contributed by atoms with Crippen LogP contribution in [0.15, 0.2) is 36.4 Å². The fourth-order valence-electron chi connectivity index (χ4n) is 1.94. The van der Waals surface area contributed by atoms with Gasteiger partial charge in [0.15, 0.2) is 6.61 Å². The second kappa shape index (κ2) is 7.78. The third-order valence-electron chi connectivity index (χ3n) is 3.23. The first kappa shape index (κ1) is 17.0. The van der Waals surface area contributed by atoms with Crippen LogP contribution in [0.25, 0.3) is 0 Å². The van der Waals surface area contributed by atoms with Crippen molar-refractivity contribution < 1.29 is 19.4 Å². The third kappa shape index (κ3) is 5.10. The highest BCUT2D eigenvalue weighted by atomic mass is 32.1. The molecular formula is C17H19NO4S. The minimum Gasteiger partial charge on any atom is -0.484 e. The van der Waals surface area contributed by atoms with E-state index >= 15 is 0 Å². The monoisotopic (exact) mass is 333 g/mol. The zero-order valence-electron chi connectivity index (χ0n) is 13.0. The smallest absolute Gasteiger partial charge is 0.345 e. The molecule has 2 rings (SSSR count). The van der Waals surface area contributed by atoms with E-state index in [1.165, 1.54) is 6.07 Å². The Kier molecular flexibility index (Phi) is 5.76. The van der Waals surface area contributed by atoms with Crippen molar-refractivity contribution in [1.82, 2.24) is 5.32 Å². The topological polar surface area (TPSA) is 75.6 Å². The number of carbonyl (C=O) groups excluding carboxylic acids is 1. The van der Waals surface area contributed by atoms with Gasteiger partial charge in [-0.1, -0.05) is 26.0 Å². The number of ether oxygens (including phenoxy) is 1. The lowest BCUT2D eigenvalue weighted by Crippen LogP contribution is -2.28. The standard InChI is InChI=1S/C17H19NO4S/c1-11(2)12-4-3-5-13(8-12)22-10-16(19)18-9-14-6-7-15(23-14)17(20)21/h3-8,11H,9-10H2,1-2H3,(H,18,19)(H,20,21). The molecule has 1 aromatic carbocycles. The van der Waals surface area contributed by atoms with Crippen LogP contribution in [0.4, 0.5) is 0 Å². The van der Waals surface area contributed by atoms with Crippen LogP contribution >= 0.6 is 11.3 Å². The largest absolute Gasteiger partial charge is 0.484 e. The molecule has 0 atom stereocenters. The average Bonchev–Trinajstić information content (AvgIpc) is 3.00. The fraction of sp³-hybridized carbons (Fsp3) is 0.294. The number of nitrogens with one attached hydrogen (secondary N) is 1. The Labute approximate surface area is 138 Å². The molecule has 0 saturated carbocycles. The van der Waals surface area contributed by atoms with Gasteiger partial charge in [0.25, 0.3) is 5.91 Å². The Balaban J connectivity index is 1.80. The summed E-state index contributed by atoms with van der Waals surface area (Å²) in [6.45, 7) is 4.42. The average molecular weight is 333 g/mol. The van der Waals surface area contributed by atoms with Gasteiger partial charge in [-0.25, -0.2) is 4.79 Å². The number of aromatic carboxylic acids is 1. The Morgan fingerprint density at radius 3 is 2.70 bits per heavy atom. The molecule has 1 amide bonds. The number of benzene rings is 1. The molecule has 0 spiro atoms. The Morgan fingerprint density at radius 2 is 2.04 bits per heavy atom. The molecule has 5 nitrogen and oxygen atoms in total. The maximum Gasteiger partial charge on any atom is 0.345 e. The van der Waals surface area contributed by atoms with Crippen molar-refractivity contribution in [2.45, 2.75) is 26.3 Å². The highest BCUT2D eigenvalue weighted by Crippen LogP contribution is 2.20. The summed E-state index contributed by atoms with van der Waals surface area (Å²) in [5.41, 5.74) is 1.16. The summed E-state index contributed by atoms with van der Waals surface area (Å²) in [4.78, 5) is 23.6. The summed E-state index contributed by atoms with van der Waals surface area (Å²) >= 11 is 1.15. The van der Waals surface area contributed by atoms with Gasteiger partial charge in [-0.05, 0) is 35.7 Å². The minimum absolute atomic E-state index is 0.0707. The van der Waals surface area contributed by atoms with Crippen LogP contribution in [0, 0.1) is 0 Å². The first-order valence-electron chi connectivity index (χ1n) is 7.27. The number of amides is 1. The minimum atomic E-state index is -0.957. The van der Waals surface area contributed by atoms with Crippen molar-refractivity contribution in [3.8, 4) is 5.75 Å². The number of rotatable bonds is 7. The molecule has 0 saturated heterocycles. The van der Waals surface area contributed by atoms with Crippen LogP contribution in [0.1, 0.15) is 39.9 Å². The van der Waals surface area contributed by atoms with E-state index in [0.29, 0.717) is 18.2 Å². The van der Waals surface area contributed by atoms with Gasteiger partial charge in [0.2, 0.25) is 0 Å². The van der Waals surface area contributed by atoms with E-state index in [9.17, 15) is 9.59 Å². The number of thiophene rings is 1. The molecular weight excluding hydrogens is 314 g/mol. The second-order valence-corrected chi connectivity index (χ2v) is 6.53. The van der Waals surface area contributed by atoms with Crippen LogP contribution in [0.5, 0.6) is 5.75 Å². The van der Waals surface area contributed by atoms with Crippen molar-refractivity contribution in [3.63, 3.8) is 0 Å². The Bertz CT molecular complexity index is 693. The van der Waals surface area contributed by atoms with E-state index in [0.717, 1.165) is 21.8 Å². The number of hydrogen-bond donors (Lipinski definition) is 2. The normalized spacial score (nSPS) is 10.6. The predicted molar refractivity (Wildman–Crippen MR) is 89.2 cm³/mol. The number of carboxylic acids is 1. The fourth-order valence-corrected chi connectivity index (χ4v) is 2.72. The van der Waals surface area contributed by atoms with E-state index in [1.54, 1.807) is 6.07 Å². The van der Waals surface area contributed by atoms with Crippen molar-refractivity contribution in [2.24, 2.45) is 0 Å². The van der Waals surface area contributed by atoms with E-state index < -0.39 is 5.97 Å². The van der Waals surface area contributed by atoms with Gasteiger partial charge in [-0.15, -0.1) is 11.3 Å². The van der Waals surface area contributed by atoms with Crippen molar-refractivity contribution >= 4 is 23.2 Å². The molecule has 0 aliphatic rings. The zero-order chi connectivity index (χ0) is 16.8. The molecule has 2 aromatic rings. The predicted octanol–water partition coefficient (Wildman–Crippen LogP) is 3.26. The third-order valence-corrected chi connectivity index (χ3v) is 4.30. The van der Waals surface area contributed by atoms with Gasteiger partial charge in [0.1, 0.15) is 10.6 Å². The lowest BCUT2D eigenvalue weighted by molar-refractivity contribution is -0.123.